The summed E-state index contributed by atoms with van der Waals surface area (Å²) in [4.78, 5) is 19.6. The molecular weight excluding hydrogens is 322 g/mol. The van der Waals surface area contributed by atoms with E-state index in [0.29, 0.717) is 61.5 Å². The fourth-order valence-electron chi connectivity index (χ4n) is 3.58. The van der Waals surface area contributed by atoms with E-state index in [1.807, 2.05) is 31.7 Å². The third-order valence-corrected chi connectivity index (χ3v) is 5.08. The largest absolute Gasteiger partial charge is 0.347 e. The molecule has 2 fully saturated rings. The van der Waals surface area contributed by atoms with Gasteiger partial charge in [-0.2, -0.15) is 0 Å². The Labute approximate surface area is 146 Å². The van der Waals surface area contributed by atoms with Crippen molar-refractivity contribution in [2.24, 2.45) is 0 Å². The lowest BCUT2D eigenvalue weighted by molar-refractivity contribution is -0.181. The Hall–Kier alpha value is -1.99. The number of pyridine rings is 1. The van der Waals surface area contributed by atoms with E-state index in [1.165, 1.54) is 0 Å². The molecule has 4 heterocycles. The summed E-state index contributed by atoms with van der Waals surface area (Å²) in [5.74, 6) is -0.291. The molecule has 7 heteroatoms. The Balaban J connectivity index is 1.64. The number of carbonyl (C=O) groups is 1. The molecule has 134 valence electrons. The van der Waals surface area contributed by atoms with Crippen LogP contribution in [0.5, 0.6) is 0 Å². The fourth-order valence-corrected chi connectivity index (χ4v) is 3.58. The summed E-state index contributed by atoms with van der Waals surface area (Å²) in [6.45, 7) is 8.43. The molecule has 7 nitrogen and oxygen atoms in total. The number of hydrogen-bond acceptors (Lipinski definition) is 6. The zero-order chi connectivity index (χ0) is 17.6. The van der Waals surface area contributed by atoms with Gasteiger partial charge in [0.2, 0.25) is 0 Å². The van der Waals surface area contributed by atoms with Gasteiger partial charge in [0.05, 0.1) is 29.9 Å². The summed E-state index contributed by atoms with van der Waals surface area (Å²) in [7, 11) is 0. The maximum atomic E-state index is 13.2. The van der Waals surface area contributed by atoms with Gasteiger partial charge in [-0.15, -0.1) is 0 Å². The van der Waals surface area contributed by atoms with Crippen LogP contribution in [0.3, 0.4) is 0 Å². The highest BCUT2D eigenvalue weighted by Crippen LogP contribution is 2.33. The summed E-state index contributed by atoms with van der Waals surface area (Å²) >= 11 is 0. The van der Waals surface area contributed by atoms with Crippen molar-refractivity contribution in [2.75, 3.05) is 26.3 Å². The lowest BCUT2D eigenvalue weighted by Crippen LogP contribution is -2.47. The maximum Gasteiger partial charge on any atom is 0.259 e. The molecule has 2 aromatic heterocycles. The van der Waals surface area contributed by atoms with E-state index in [-0.39, 0.29) is 11.8 Å². The summed E-state index contributed by atoms with van der Waals surface area (Å²) in [5.41, 5.74) is 2.58. The van der Waals surface area contributed by atoms with E-state index in [2.05, 4.69) is 10.1 Å². The molecular formula is C18H23N3O4. The molecule has 2 aliphatic rings. The number of rotatable bonds is 2. The predicted molar refractivity (Wildman–Crippen MR) is 90.4 cm³/mol. The quantitative estimate of drug-likeness (QED) is 0.833. The van der Waals surface area contributed by atoms with Gasteiger partial charge in [0.15, 0.2) is 5.79 Å². The van der Waals surface area contributed by atoms with Gasteiger partial charge in [-0.3, -0.25) is 4.79 Å². The van der Waals surface area contributed by atoms with Crippen molar-refractivity contribution in [2.45, 2.75) is 45.3 Å². The minimum Gasteiger partial charge on any atom is -0.347 e. The predicted octanol–water partition coefficient (Wildman–Crippen LogP) is 2.63. The first-order valence-corrected chi connectivity index (χ1v) is 8.83. The average molecular weight is 345 g/mol. The first-order valence-electron chi connectivity index (χ1n) is 8.83. The van der Waals surface area contributed by atoms with Crippen molar-refractivity contribution >= 4 is 17.0 Å². The van der Waals surface area contributed by atoms with Crippen molar-refractivity contribution in [1.29, 1.82) is 0 Å². The van der Waals surface area contributed by atoms with Gasteiger partial charge < -0.3 is 18.9 Å². The molecule has 0 N–H and O–H groups in total. The summed E-state index contributed by atoms with van der Waals surface area (Å²) in [6.07, 6.45) is 1.40. The Morgan fingerprint density at radius 2 is 1.92 bits per heavy atom. The van der Waals surface area contributed by atoms with E-state index >= 15 is 0 Å². The Morgan fingerprint density at radius 1 is 1.24 bits per heavy atom. The van der Waals surface area contributed by atoms with Crippen LogP contribution >= 0.6 is 0 Å². The van der Waals surface area contributed by atoms with Crippen LogP contribution in [-0.4, -0.2) is 53.0 Å². The number of nitrogens with zero attached hydrogens (tertiary/aromatic N) is 3. The number of amides is 1. The highest BCUT2D eigenvalue weighted by atomic mass is 16.7. The van der Waals surface area contributed by atoms with Gasteiger partial charge in [-0.05, 0) is 18.9 Å². The van der Waals surface area contributed by atoms with E-state index < -0.39 is 5.79 Å². The van der Waals surface area contributed by atoms with Crippen molar-refractivity contribution in [3.05, 3.63) is 23.0 Å². The number of hydrogen-bond donors (Lipinski definition) is 0. The van der Waals surface area contributed by atoms with Gasteiger partial charge in [0.1, 0.15) is 0 Å². The van der Waals surface area contributed by atoms with E-state index in [4.69, 9.17) is 14.0 Å². The zero-order valence-corrected chi connectivity index (χ0v) is 14.9. The Kier molecular flexibility index (Phi) is 4.00. The second-order valence-electron chi connectivity index (χ2n) is 7.10. The molecule has 2 aliphatic heterocycles. The molecule has 2 aromatic rings. The Morgan fingerprint density at radius 3 is 2.56 bits per heavy atom. The van der Waals surface area contributed by atoms with Crippen molar-refractivity contribution in [3.63, 3.8) is 0 Å². The van der Waals surface area contributed by atoms with Gasteiger partial charge in [-0.1, -0.05) is 19.0 Å². The van der Waals surface area contributed by atoms with Gasteiger partial charge >= 0.3 is 0 Å². The molecule has 0 bridgehead atoms. The van der Waals surface area contributed by atoms with Crippen LogP contribution in [-0.2, 0) is 9.47 Å². The number of ether oxygens (including phenoxy) is 2. The molecule has 25 heavy (non-hydrogen) atoms. The van der Waals surface area contributed by atoms with Crippen molar-refractivity contribution in [3.8, 4) is 0 Å². The molecule has 0 aromatic carbocycles. The van der Waals surface area contributed by atoms with Gasteiger partial charge in [-0.25, -0.2) is 4.98 Å². The monoisotopic (exact) mass is 345 g/mol. The number of carbonyl (C=O) groups excluding carboxylic acids is 1. The highest BCUT2D eigenvalue weighted by Gasteiger charge is 2.41. The summed E-state index contributed by atoms with van der Waals surface area (Å²) in [6, 6.07) is 1.88. The van der Waals surface area contributed by atoms with Crippen LogP contribution in [0.4, 0.5) is 0 Å². The van der Waals surface area contributed by atoms with Crippen molar-refractivity contribution < 1.29 is 18.8 Å². The number of aromatic nitrogens is 2. The van der Waals surface area contributed by atoms with E-state index in [0.717, 1.165) is 5.69 Å². The number of aryl methyl sites for hydroxylation is 1. The van der Waals surface area contributed by atoms with E-state index in [1.54, 1.807) is 0 Å². The smallest absolute Gasteiger partial charge is 0.259 e. The van der Waals surface area contributed by atoms with Gasteiger partial charge in [0, 0.05) is 31.6 Å². The van der Waals surface area contributed by atoms with Crippen LogP contribution in [0.1, 0.15) is 54.4 Å². The maximum absolute atomic E-state index is 13.2. The number of piperidine rings is 1. The van der Waals surface area contributed by atoms with Crippen LogP contribution < -0.4 is 0 Å². The lowest BCUT2D eigenvalue weighted by Gasteiger charge is -2.37. The first kappa shape index (κ1) is 16.5. The van der Waals surface area contributed by atoms with Crippen LogP contribution in [0, 0.1) is 6.92 Å². The van der Waals surface area contributed by atoms with Gasteiger partial charge in [0.25, 0.3) is 11.6 Å². The molecule has 0 atom stereocenters. The third kappa shape index (κ3) is 2.81. The van der Waals surface area contributed by atoms with Crippen LogP contribution in [0.15, 0.2) is 10.6 Å². The molecule has 4 rings (SSSR count). The molecule has 0 aliphatic carbocycles. The van der Waals surface area contributed by atoms with Crippen molar-refractivity contribution in [1.82, 2.24) is 15.0 Å². The normalized spacial score (nSPS) is 20.1. The summed E-state index contributed by atoms with van der Waals surface area (Å²) < 4.78 is 16.8. The number of fused-ring (bicyclic) bond motifs is 1. The fraction of sp³-hybridized carbons (Fsp3) is 0.611. The topological polar surface area (TPSA) is 77.7 Å². The highest BCUT2D eigenvalue weighted by molar-refractivity contribution is 6.06. The third-order valence-electron chi connectivity index (χ3n) is 5.08. The molecule has 0 saturated carbocycles. The number of likely N-dealkylation sites (tertiary alicyclic amines) is 1. The average Bonchev–Trinajstić information content (AvgIpc) is 3.22. The van der Waals surface area contributed by atoms with Crippen LogP contribution in [0.2, 0.25) is 0 Å². The second kappa shape index (κ2) is 6.07. The van der Waals surface area contributed by atoms with Crippen LogP contribution in [0.25, 0.3) is 11.1 Å². The minimum atomic E-state index is -0.486. The lowest BCUT2D eigenvalue weighted by atomic mass is 10.00. The standard InChI is InChI=1S/C18H23N3O4/c1-11(2)14-10-13(15-12(3)20-25-16(15)19-14)17(22)21-6-4-18(5-7-21)23-8-9-24-18/h10-11H,4-9H2,1-3H3. The minimum absolute atomic E-state index is 0.00607. The first-order chi connectivity index (χ1) is 12.0. The summed E-state index contributed by atoms with van der Waals surface area (Å²) in [5, 5.41) is 4.71. The Bertz CT molecular complexity index is 798. The zero-order valence-electron chi connectivity index (χ0n) is 14.9. The van der Waals surface area contributed by atoms with E-state index in [9.17, 15) is 4.79 Å². The molecule has 1 amide bonds. The SMILES string of the molecule is Cc1noc2nc(C(C)C)cc(C(=O)N3CCC4(CC3)OCCO4)c12. The molecule has 0 radical (unpaired) electrons. The second-order valence-corrected chi connectivity index (χ2v) is 7.10. The molecule has 0 unspecified atom stereocenters. The molecule has 2 saturated heterocycles. The molecule has 1 spiro atoms.